The van der Waals surface area contributed by atoms with Crippen LogP contribution >= 0.6 is 11.8 Å². The van der Waals surface area contributed by atoms with Crippen LogP contribution in [0.4, 0.5) is 0 Å². The molecule has 1 unspecified atom stereocenters. The number of pyridine rings is 1. The zero-order chi connectivity index (χ0) is 13.8. The summed E-state index contributed by atoms with van der Waals surface area (Å²) < 4.78 is 1.97. The molecule has 6 heteroatoms. The minimum Gasteiger partial charge on any atom is -0.309 e. The van der Waals surface area contributed by atoms with Gasteiger partial charge in [-0.2, -0.15) is 0 Å². The van der Waals surface area contributed by atoms with E-state index >= 15 is 0 Å². The van der Waals surface area contributed by atoms with Crippen molar-refractivity contribution in [3.63, 3.8) is 0 Å². The van der Waals surface area contributed by atoms with Gasteiger partial charge in [-0.25, -0.2) is 0 Å². The molecule has 0 aliphatic carbocycles. The molecule has 1 atom stereocenters. The highest BCUT2D eigenvalue weighted by Gasteiger charge is 2.09. The van der Waals surface area contributed by atoms with E-state index in [1.807, 2.05) is 24.7 Å². The van der Waals surface area contributed by atoms with Crippen LogP contribution in [0.3, 0.4) is 0 Å². The smallest absolute Gasteiger partial charge is 0.195 e. The second-order valence-electron chi connectivity index (χ2n) is 4.39. The molecule has 0 aromatic carbocycles. The number of hydrogen-bond acceptors (Lipinski definition) is 5. The molecule has 0 aliphatic heterocycles. The lowest BCUT2D eigenvalue weighted by Crippen LogP contribution is -2.18. The van der Waals surface area contributed by atoms with Gasteiger partial charge in [0.05, 0.1) is 5.69 Å². The van der Waals surface area contributed by atoms with E-state index in [-0.39, 0.29) is 6.04 Å². The minimum atomic E-state index is 0.279. The Morgan fingerprint density at radius 1 is 1.37 bits per heavy atom. The van der Waals surface area contributed by atoms with Gasteiger partial charge in [-0.3, -0.25) is 4.98 Å². The van der Waals surface area contributed by atoms with Crippen LogP contribution in [0.25, 0.3) is 0 Å². The first-order chi connectivity index (χ1) is 9.11. The van der Waals surface area contributed by atoms with Gasteiger partial charge in [-0.15, -0.1) is 10.2 Å². The molecule has 2 rings (SSSR count). The van der Waals surface area contributed by atoms with Gasteiger partial charge < -0.3 is 9.88 Å². The highest BCUT2D eigenvalue weighted by Crippen LogP contribution is 2.25. The second kappa shape index (κ2) is 6.16. The standard InChI is InChI=1S/C13H19N5S/c1-5-14-9(2)12-7-6-11(8-15-12)19-13-17-16-10(3)18(13)4/h6-9,14H,5H2,1-4H3. The molecule has 0 aliphatic rings. The van der Waals surface area contributed by atoms with E-state index in [4.69, 9.17) is 0 Å². The van der Waals surface area contributed by atoms with Crippen molar-refractivity contribution >= 4 is 11.8 Å². The van der Waals surface area contributed by atoms with Crippen LogP contribution < -0.4 is 5.32 Å². The summed E-state index contributed by atoms with van der Waals surface area (Å²) in [4.78, 5) is 5.56. The lowest BCUT2D eigenvalue weighted by Gasteiger charge is -2.11. The Morgan fingerprint density at radius 3 is 2.68 bits per heavy atom. The molecule has 0 spiro atoms. The Labute approximate surface area is 117 Å². The van der Waals surface area contributed by atoms with Gasteiger partial charge in [0.25, 0.3) is 0 Å². The van der Waals surface area contributed by atoms with Gasteiger partial charge in [-0.1, -0.05) is 6.92 Å². The lowest BCUT2D eigenvalue weighted by molar-refractivity contribution is 0.582. The number of aromatic nitrogens is 4. The molecule has 19 heavy (non-hydrogen) atoms. The highest BCUT2D eigenvalue weighted by molar-refractivity contribution is 7.99. The molecule has 1 N–H and O–H groups in total. The molecule has 0 bridgehead atoms. The number of nitrogens with one attached hydrogen (secondary N) is 1. The minimum absolute atomic E-state index is 0.279. The molecule has 0 saturated heterocycles. The first-order valence-corrected chi connectivity index (χ1v) is 7.16. The molecule has 0 saturated carbocycles. The fourth-order valence-electron chi connectivity index (χ4n) is 1.70. The van der Waals surface area contributed by atoms with Crippen molar-refractivity contribution in [1.29, 1.82) is 0 Å². The van der Waals surface area contributed by atoms with Crippen molar-refractivity contribution in [3.05, 3.63) is 29.8 Å². The molecular formula is C13H19N5S. The summed E-state index contributed by atoms with van der Waals surface area (Å²) in [6, 6.07) is 4.41. The van der Waals surface area contributed by atoms with Crippen molar-refractivity contribution in [2.45, 2.75) is 36.9 Å². The average molecular weight is 277 g/mol. The maximum atomic E-state index is 4.49. The van der Waals surface area contributed by atoms with E-state index in [1.165, 1.54) is 0 Å². The lowest BCUT2D eigenvalue weighted by atomic mass is 10.2. The summed E-state index contributed by atoms with van der Waals surface area (Å²) in [5.74, 6) is 0.910. The maximum Gasteiger partial charge on any atom is 0.195 e. The van der Waals surface area contributed by atoms with Gasteiger partial charge in [0.1, 0.15) is 5.82 Å². The van der Waals surface area contributed by atoms with Crippen LogP contribution in [0, 0.1) is 6.92 Å². The van der Waals surface area contributed by atoms with Gasteiger partial charge in [0, 0.05) is 24.2 Å². The monoisotopic (exact) mass is 277 g/mol. The van der Waals surface area contributed by atoms with Crippen LogP contribution in [-0.4, -0.2) is 26.3 Å². The SMILES string of the molecule is CCNC(C)c1ccc(Sc2nnc(C)n2C)cn1. The molecule has 0 amide bonds. The number of aryl methyl sites for hydroxylation is 1. The third kappa shape index (κ3) is 3.33. The van der Waals surface area contributed by atoms with Crippen molar-refractivity contribution in [2.75, 3.05) is 6.54 Å². The zero-order valence-corrected chi connectivity index (χ0v) is 12.5. The quantitative estimate of drug-likeness (QED) is 0.909. The van der Waals surface area contributed by atoms with E-state index in [1.54, 1.807) is 11.8 Å². The molecule has 102 valence electrons. The molecule has 0 radical (unpaired) electrons. The fraction of sp³-hybridized carbons (Fsp3) is 0.462. The average Bonchev–Trinajstić information content (AvgIpc) is 2.72. The van der Waals surface area contributed by atoms with Crippen molar-refractivity contribution in [3.8, 4) is 0 Å². The Balaban J connectivity index is 2.08. The van der Waals surface area contributed by atoms with Crippen LogP contribution in [0.15, 0.2) is 28.4 Å². The predicted octanol–water partition coefficient (Wildman–Crippen LogP) is 2.34. The molecule has 2 aromatic heterocycles. The van der Waals surface area contributed by atoms with E-state index in [2.05, 4.69) is 46.5 Å². The number of rotatable bonds is 5. The summed E-state index contributed by atoms with van der Waals surface area (Å²) in [6.45, 7) is 7.09. The van der Waals surface area contributed by atoms with Crippen LogP contribution in [-0.2, 0) is 7.05 Å². The highest BCUT2D eigenvalue weighted by atomic mass is 32.2. The topological polar surface area (TPSA) is 55.6 Å². The Morgan fingerprint density at radius 2 is 2.16 bits per heavy atom. The number of hydrogen-bond donors (Lipinski definition) is 1. The van der Waals surface area contributed by atoms with Gasteiger partial charge in [-0.05, 0) is 44.3 Å². The zero-order valence-electron chi connectivity index (χ0n) is 11.7. The molecule has 5 nitrogen and oxygen atoms in total. The summed E-state index contributed by atoms with van der Waals surface area (Å²) >= 11 is 1.58. The molecular weight excluding hydrogens is 258 g/mol. The Hall–Kier alpha value is -1.40. The molecule has 2 aromatic rings. The van der Waals surface area contributed by atoms with E-state index in [0.29, 0.717) is 0 Å². The fourth-order valence-corrected chi connectivity index (χ4v) is 2.50. The number of nitrogens with zero attached hydrogens (tertiary/aromatic N) is 4. The second-order valence-corrected chi connectivity index (χ2v) is 5.43. The maximum absolute atomic E-state index is 4.49. The van der Waals surface area contributed by atoms with Crippen molar-refractivity contribution in [2.24, 2.45) is 7.05 Å². The predicted molar refractivity (Wildman–Crippen MR) is 76.2 cm³/mol. The largest absolute Gasteiger partial charge is 0.309 e. The van der Waals surface area contributed by atoms with Crippen LogP contribution in [0.2, 0.25) is 0 Å². The van der Waals surface area contributed by atoms with Crippen LogP contribution in [0.1, 0.15) is 31.4 Å². The van der Waals surface area contributed by atoms with Crippen molar-refractivity contribution in [1.82, 2.24) is 25.1 Å². The molecule has 2 heterocycles. The van der Waals surface area contributed by atoms with Gasteiger partial charge >= 0.3 is 0 Å². The first-order valence-electron chi connectivity index (χ1n) is 6.35. The summed E-state index contributed by atoms with van der Waals surface area (Å²) in [5, 5.41) is 12.4. The van der Waals surface area contributed by atoms with Gasteiger partial charge in [0.2, 0.25) is 0 Å². The van der Waals surface area contributed by atoms with E-state index < -0.39 is 0 Å². The Kier molecular flexibility index (Phi) is 4.55. The first kappa shape index (κ1) is 14.0. The van der Waals surface area contributed by atoms with Crippen molar-refractivity contribution < 1.29 is 0 Å². The van der Waals surface area contributed by atoms with Crippen LogP contribution in [0.5, 0.6) is 0 Å². The van der Waals surface area contributed by atoms with Gasteiger partial charge in [0.15, 0.2) is 5.16 Å². The third-order valence-electron chi connectivity index (χ3n) is 2.97. The summed E-state index contributed by atoms with van der Waals surface area (Å²) in [7, 11) is 1.96. The summed E-state index contributed by atoms with van der Waals surface area (Å²) in [5.41, 5.74) is 1.06. The molecule has 0 fully saturated rings. The third-order valence-corrected chi connectivity index (χ3v) is 3.99. The van der Waals surface area contributed by atoms with E-state index in [9.17, 15) is 0 Å². The summed E-state index contributed by atoms with van der Waals surface area (Å²) in [6.07, 6.45) is 1.89. The van der Waals surface area contributed by atoms with E-state index in [0.717, 1.165) is 28.1 Å². The Bertz CT molecular complexity index is 534. The normalized spacial score (nSPS) is 12.6.